The molecule has 1 aromatic carbocycles. The van der Waals surface area contributed by atoms with Crippen molar-refractivity contribution in [2.45, 2.75) is 19.9 Å². The highest BCUT2D eigenvalue weighted by Gasteiger charge is 2.22. The van der Waals surface area contributed by atoms with Gasteiger partial charge in [0.05, 0.1) is 12.1 Å². The van der Waals surface area contributed by atoms with Crippen molar-refractivity contribution < 1.29 is 14.6 Å². The van der Waals surface area contributed by atoms with Gasteiger partial charge in [-0.15, -0.1) is 0 Å². The number of hydrogen-bond donors (Lipinski definition) is 2. The first-order chi connectivity index (χ1) is 7.40. The largest absolute Gasteiger partial charge is 0.496 e. The minimum atomic E-state index is -1.11. The van der Waals surface area contributed by atoms with E-state index in [2.05, 4.69) is 0 Å². The summed E-state index contributed by atoms with van der Waals surface area (Å²) < 4.78 is 5.16. The third-order valence-electron chi connectivity index (χ3n) is 2.46. The predicted octanol–water partition coefficient (Wildman–Crippen LogP) is 2.05. The minimum absolute atomic E-state index is 0.436. The van der Waals surface area contributed by atoms with Crippen molar-refractivity contribution in [3.05, 3.63) is 27.8 Å². The Balaban J connectivity index is 3.44. The van der Waals surface area contributed by atoms with Crippen LogP contribution >= 0.6 is 11.6 Å². The van der Waals surface area contributed by atoms with Gasteiger partial charge in [-0.2, -0.15) is 0 Å². The number of aryl methyl sites for hydroxylation is 1. The van der Waals surface area contributed by atoms with Gasteiger partial charge in [0.15, 0.2) is 0 Å². The highest BCUT2D eigenvalue weighted by atomic mass is 35.5. The second-order valence-corrected chi connectivity index (χ2v) is 3.95. The number of benzene rings is 1. The van der Waals surface area contributed by atoms with E-state index in [9.17, 15) is 4.79 Å². The van der Waals surface area contributed by atoms with Crippen molar-refractivity contribution in [2.24, 2.45) is 5.73 Å². The first-order valence-electron chi connectivity index (χ1n) is 4.72. The number of rotatable bonds is 3. The molecule has 5 heteroatoms. The molecule has 0 spiro atoms. The van der Waals surface area contributed by atoms with E-state index in [-0.39, 0.29) is 0 Å². The molecule has 0 aliphatic rings. The molecule has 0 aliphatic carbocycles. The van der Waals surface area contributed by atoms with Crippen LogP contribution in [0.1, 0.15) is 22.7 Å². The third kappa shape index (κ3) is 2.13. The summed E-state index contributed by atoms with van der Waals surface area (Å²) in [5, 5.41) is 9.46. The lowest BCUT2D eigenvalue weighted by Crippen LogP contribution is -2.21. The molecule has 0 amide bonds. The zero-order valence-electron chi connectivity index (χ0n) is 9.37. The van der Waals surface area contributed by atoms with Gasteiger partial charge in [0, 0.05) is 11.1 Å². The number of carboxylic acids is 1. The zero-order valence-corrected chi connectivity index (χ0v) is 10.1. The van der Waals surface area contributed by atoms with Gasteiger partial charge < -0.3 is 15.6 Å². The summed E-state index contributed by atoms with van der Waals surface area (Å²) >= 11 is 6.05. The fourth-order valence-corrected chi connectivity index (χ4v) is 1.75. The Labute approximate surface area is 99.0 Å². The lowest BCUT2D eigenvalue weighted by atomic mass is 10.00. The Morgan fingerprint density at radius 3 is 2.56 bits per heavy atom. The van der Waals surface area contributed by atoms with Crippen LogP contribution in [0, 0.1) is 13.8 Å². The van der Waals surface area contributed by atoms with Crippen LogP contribution in [0.15, 0.2) is 6.07 Å². The maximum Gasteiger partial charge on any atom is 0.325 e. The van der Waals surface area contributed by atoms with Crippen molar-refractivity contribution in [2.75, 3.05) is 7.11 Å². The molecule has 0 saturated carbocycles. The Hall–Kier alpha value is -1.26. The Morgan fingerprint density at radius 1 is 1.56 bits per heavy atom. The Morgan fingerprint density at radius 2 is 2.12 bits per heavy atom. The highest BCUT2D eigenvalue weighted by molar-refractivity contribution is 6.32. The van der Waals surface area contributed by atoms with Crippen molar-refractivity contribution in [3.63, 3.8) is 0 Å². The normalized spacial score (nSPS) is 12.3. The lowest BCUT2D eigenvalue weighted by Gasteiger charge is -2.17. The van der Waals surface area contributed by atoms with Gasteiger partial charge >= 0.3 is 5.97 Å². The number of methoxy groups -OCH3 is 1. The predicted molar refractivity (Wildman–Crippen MR) is 62.0 cm³/mol. The second-order valence-electron chi connectivity index (χ2n) is 3.57. The summed E-state index contributed by atoms with van der Waals surface area (Å²) in [6.07, 6.45) is 0. The van der Waals surface area contributed by atoms with E-state index in [1.807, 2.05) is 0 Å². The van der Waals surface area contributed by atoms with Crippen molar-refractivity contribution in [1.82, 2.24) is 0 Å². The molecule has 88 valence electrons. The number of aliphatic carboxylic acids is 1. The van der Waals surface area contributed by atoms with Gasteiger partial charge in [-0.05, 0) is 25.5 Å². The standard InChI is InChI=1S/C11H14ClNO3/c1-5-4-7(9(13)11(14)15)10(16-3)6(2)8(5)12/h4,9H,13H2,1-3H3,(H,14,15). The van der Waals surface area contributed by atoms with E-state index in [0.717, 1.165) is 5.56 Å². The smallest absolute Gasteiger partial charge is 0.325 e. The van der Waals surface area contributed by atoms with Gasteiger partial charge in [-0.3, -0.25) is 4.79 Å². The fourth-order valence-electron chi connectivity index (χ4n) is 1.61. The molecule has 0 heterocycles. The molecular formula is C11H14ClNO3. The van der Waals surface area contributed by atoms with Gasteiger partial charge in [0.2, 0.25) is 0 Å². The van der Waals surface area contributed by atoms with E-state index >= 15 is 0 Å². The van der Waals surface area contributed by atoms with Gasteiger partial charge in [0.25, 0.3) is 0 Å². The number of ether oxygens (including phenoxy) is 1. The average Bonchev–Trinajstić information content (AvgIpc) is 2.24. The second kappa shape index (κ2) is 4.72. The highest BCUT2D eigenvalue weighted by Crippen LogP contribution is 2.35. The van der Waals surface area contributed by atoms with Crippen LogP contribution in [0.3, 0.4) is 0 Å². The quantitative estimate of drug-likeness (QED) is 0.852. The van der Waals surface area contributed by atoms with Gasteiger partial charge in [-0.25, -0.2) is 0 Å². The maximum absolute atomic E-state index is 10.9. The molecule has 4 nitrogen and oxygen atoms in total. The SMILES string of the molecule is COc1c(C(N)C(=O)O)cc(C)c(Cl)c1C. The molecule has 0 bridgehead atoms. The average molecular weight is 244 g/mol. The monoisotopic (exact) mass is 243 g/mol. The molecule has 1 aromatic rings. The van der Waals surface area contributed by atoms with Crippen LogP contribution < -0.4 is 10.5 Å². The summed E-state index contributed by atoms with van der Waals surface area (Å²) in [6, 6.07) is 0.539. The molecule has 0 fully saturated rings. The number of carboxylic acid groups (broad SMARTS) is 1. The van der Waals surface area contributed by atoms with Gasteiger partial charge in [0.1, 0.15) is 11.8 Å². The topological polar surface area (TPSA) is 72.5 Å². The molecule has 0 aliphatic heterocycles. The molecular weight excluding hydrogens is 230 g/mol. The number of hydrogen-bond acceptors (Lipinski definition) is 3. The fraction of sp³-hybridized carbons (Fsp3) is 0.364. The van der Waals surface area contributed by atoms with Crippen LogP contribution in [0.2, 0.25) is 5.02 Å². The first kappa shape index (κ1) is 12.8. The molecule has 1 atom stereocenters. The first-order valence-corrected chi connectivity index (χ1v) is 5.10. The lowest BCUT2D eigenvalue weighted by molar-refractivity contribution is -0.138. The minimum Gasteiger partial charge on any atom is -0.496 e. The van der Waals surface area contributed by atoms with Crippen LogP contribution in [0.5, 0.6) is 5.75 Å². The summed E-state index contributed by atoms with van der Waals surface area (Å²) in [4.78, 5) is 10.9. The maximum atomic E-state index is 10.9. The molecule has 0 aromatic heterocycles. The van der Waals surface area contributed by atoms with E-state index in [1.54, 1.807) is 19.9 Å². The van der Waals surface area contributed by atoms with Crippen LogP contribution in [-0.4, -0.2) is 18.2 Å². The number of halogens is 1. The number of nitrogens with two attached hydrogens (primary N) is 1. The Kier molecular flexibility index (Phi) is 3.78. The molecule has 0 saturated heterocycles. The zero-order chi connectivity index (χ0) is 12.5. The molecule has 1 unspecified atom stereocenters. The molecule has 0 radical (unpaired) electrons. The summed E-state index contributed by atoms with van der Waals surface area (Å²) in [5.74, 6) is -0.662. The van der Waals surface area contributed by atoms with Crippen LogP contribution in [0.4, 0.5) is 0 Å². The summed E-state index contributed by atoms with van der Waals surface area (Å²) in [5.41, 5.74) is 7.51. The Bertz CT molecular complexity index is 432. The number of carbonyl (C=O) groups is 1. The van der Waals surface area contributed by atoms with E-state index in [0.29, 0.717) is 21.9 Å². The third-order valence-corrected chi connectivity index (χ3v) is 3.04. The molecule has 3 N–H and O–H groups in total. The van der Waals surface area contributed by atoms with E-state index in [4.69, 9.17) is 27.2 Å². The van der Waals surface area contributed by atoms with Crippen LogP contribution in [-0.2, 0) is 4.79 Å². The molecule has 1 rings (SSSR count). The molecule has 16 heavy (non-hydrogen) atoms. The van der Waals surface area contributed by atoms with E-state index < -0.39 is 12.0 Å². The summed E-state index contributed by atoms with van der Waals surface area (Å²) in [6.45, 7) is 3.57. The van der Waals surface area contributed by atoms with E-state index in [1.165, 1.54) is 7.11 Å². The summed E-state index contributed by atoms with van der Waals surface area (Å²) in [7, 11) is 1.46. The van der Waals surface area contributed by atoms with Crippen molar-refractivity contribution >= 4 is 17.6 Å². The van der Waals surface area contributed by atoms with Gasteiger partial charge in [-0.1, -0.05) is 11.6 Å². The van der Waals surface area contributed by atoms with Crippen LogP contribution in [0.25, 0.3) is 0 Å². The van der Waals surface area contributed by atoms with Crippen molar-refractivity contribution in [3.8, 4) is 5.75 Å². The van der Waals surface area contributed by atoms with Crippen molar-refractivity contribution in [1.29, 1.82) is 0 Å².